The van der Waals surface area contributed by atoms with Crippen molar-refractivity contribution in [1.82, 2.24) is 19.9 Å². The minimum Gasteiger partial charge on any atom is -0.339 e. The minimum atomic E-state index is -4.38. The van der Waals surface area contributed by atoms with Crippen LogP contribution in [0.15, 0.2) is 53.6 Å². The molecule has 198 valence electrons. The molecular formula is C26H29F4N5O2. The van der Waals surface area contributed by atoms with Crippen LogP contribution < -0.4 is 4.90 Å². The Balaban J connectivity index is 1.39. The van der Waals surface area contributed by atoms with E-state index in [-0.39, 0.29) is 18.7 Å². The zero-order valence-electron chi connectivity index (χ0n) is 20.4. The van der Waals surface area contributed by atoms with Gasteiger partial charge in [0.15, 0.2) is 5.82 Å². The molecule has 1 aliphatic carbocycles. The van der Waals surface area contributed by atoms with Gasteiger partial charge < -0.3 is 9.42 Å². The van der Waals surface area contributed by atoms with Crippen LogP contribution in [0.25, 0.3) is 11.1 Å². The summed E-state index contributed by atoms with van der Waals surface area (Å²) in [6.07, 6.45) is 3.39. The van der Waals surface area contributed by atoms with Crippen molar-refractivity contribution in [3.8, 4) is 11.1 Å². The molecule has 0 saturated heterocycles. The van der Waals surface area contributed by atoms with Gasteiger partial charge in [0.1, 0.15) is 6.54 Å². The fourth-order valence-corrected chi connectivity index (χ4v) is 4.01. The van der Waals surface area contributed by atoms with Crippen LogP contribution in [0.3, 0.4) is 0 Å². The van der Waals surface area contributed by atoms with E-state index in [9.17, 15) is 22.4 Å². The number of aromatic nitrogens is 4. The number of benzene rings is 1. The topological polar surface area (TPSA) is 77.1 Å². The zero-order valence-corrected chi connectivity index (χ0v) is 20.4. The maximum absolute atomic E-state index is 13.2. The molecule has 1 saturated carbocycles. The van der Waals surface area contributed by atoms with E-state index in [2.05, 4.69) is 21.8 Å². The molecule has 1 fully saturated rings. The molecule has 4 rings (SSSR count). The van der Waals surface area contributed by atoms with Crippen molar-refractivity contribution < 1.29 is 26.9 Å². The third-order valence-corrected chi connectivity index (χ3v) is 6.08. The van der Waals surface area contributed by atoms with Gasteiger partial charge in [-0.25, -0.2) is 4.39 Å². The highest BCUT2D eigenvalue weighted by molar-refractivity contribution is 5.94. The molecule has 7 nitrogen and oxygen atoms in total. The maximum atomic E-state index is 13.2. The number of amides is 1. The van der Waals surface area contributed by atoms with Gasteiger partial charge in [0.25, 0.3) is 0 Å². The van der Waals surface area contributed by atoms with Crippen LogP contribution in [0.1, 0.15) is 62.6 Å². The summed E-state index contributed by atoms with van der Waals surface area (Å²) in [5.41, 5.74) is 1.71. The second-order valence-electron chi connectivity index (χ2n) is 9.29. The fraction of sp³-hybridized carbons (Fsp3) is 0.462. The van der Waals surface area contributed by atoms with Crippen molar-refractivity contribution in [1.29, 1.82) is 0 Å². The summed E-state index contributed by atoms with van der Waals surface area (Å²) in [5.74, 6) is 1.02. The molecule has 0 bridgehead atoms. The first-order chi connectivity index (χ1) is 17.7. The Hall–Kier alpha value is -3.50. The van der Waals surface area contributed by atoms with Crippen molar-refractivity contribution in [2.75, 3.05) is 11.4 Å². The van der Waals surface area contributed by atoms with Crippen LogP contribution in [-0.2, 0) is 17.8 Å². The lowest BCUT2D eigenvalue weighted by atomic mass is 10.1. The van der Waals surface area contributed by atoms with Crippen molar-refractivity contribution in [3.63, 3.8) is 0 Å². The molecule has 2 aromatic heterocycles. The second kappa shape index (κ2) is 11.7. The number of anilines is 1. The average Bonchev–Trinajstić information content (AvgIpc) is 3.41. The summed E-state index contributed by atoms with van der Waals surface area (Å²) in [4.78, 5) is 19.0. The number of carbonyl (C=O) groups is 1. The van der Waals surface area contributed by atoms with Crippen LogP contribution in [0.2, 0.25) is 0 Å². The van der Waals surface area contributed by atoms with Gasteiger partial charge in [-0.15, -0.1) is 0 Å². The standard InChI is InChI=1S/C26H29F4N5O2/c1-18(27)9-12-24(36)35(13-4-2-3-8-23-32-25(33-37-23)19-10-11-19)22-7-5-6-20(14-22)21-15-31-34(16-21)17-26(28,29)30/h5-7,14-16,19H,1-4,8-13,17H2. The highest BCUT2D eigenvalue weighted by atomic mass is 19.4. The van der Waals surface area contributed by atoms with Gasteiger partial charge in [-0.1, -0.05) is 30.3 Å². The highest BCUT2D eigenvalue weighted by Gasteiger charge is 2.29. The van der Waals surface area contributed by atoms with Crippen molar-refractivity contribution >= 4 is 11.6 Å². The monoisotopic (exact) mass is 519 g/mol. The number of rotatable bonds is 13. The first-order valence-corrected chi connectivity index (χ1v) is 12.3. The van der Waals surface area contributed by atoms with Gasteiger partial charge in [0.05, 0.1) is 12.0 Å². The van der Waals surface area contributed by atoms with Gasteiger partial charge >= 0.3 is 6.18 Å². The largest absolute Gasteiger partial charge is 0.408 e. The number of alkyl halides is 3. The molecular weight excluding hydrogens is 490 g/mol. The average molecular weight is 520 g/mol. The van der Waals surface area contributed by atoms with E-state index in [4.69, 9.17) is 4.52 Å². The predicted molar refractivity (Wildman–Crippen MR) is 129 cm³/mol. The quantitative estimate of drug-likeness (QED) is 0.193. The third kappa shape index (κ3) is 7.99. The number of carbonyl (C=O) groups excluding carboxylic acids is 1. The molecule has 1 amide bonds. The first-order valence-electron chi connectivity index (χ1n) is 12.3. The van der Waals surface area contributed by atoms with E-state index in [1.807, 2.05) is 0 Å². The lowest BCUT2D eigenvalue weighted by molar-refractivity contribution is -0.142. The van der Waals surface area contributed by atoms with Crippen molar-refractivity contribution in [2.24, 2.45) is 0 Å². The van der Waals surface area contributed by atoms with Crippen LogP contribution in [0, 0.1) is 0 Å². The lowest BCUT2D eigenvalue weighted by Gasteiger charge is -2.23. The molecule has 0 N–H and O–H groups in total. The van der Waals surface area contributed by atoms with Crippen molar-refractivity contribution in [3.05, 3.63) is 60.8 Å². The van der Waals surface area contributed by atoms with Crippen LogP contribution in [0.5, 0.6) is 0 Å². The molecule has 1 aromatic carbocycles. The first kappa shape index (κ1) is 26.6. The highest BCUT2D eigenvalue weighted by Crippen LogP contribution is 2.38. The molecule has 2 heterocycles. The fourth-order valence-electron chi connectivity index (χ4n) is 4.01. The predicted octanol–water partition coefficient (Wildman–Crippen LogP) is 6.38. The molecule has 0 aliphatic heterocycles. The Morgan fingerprint density at radius 3 is 2.70 bits per heavy atom. The molecule has 3 aromatic rings. The van der Waals surface area contributed by atoms with E-state index in [1.165, 1.54) is 12.4 Å². The Morgan fingerprint density at radius 1 is 1.16 bits per heavy atom. The number of aryl methyl sites for hydroxylation is 1. The van der Waals surface area contributed by atoms with E-state index in [0.717, 1.165) is 36.2 Å². The van der Waals surface area contributed by atoms with Gasteiger partial charge in [-0.05, 0) is 43.4 Å². The Bertz CT molecular complexity index is 1220. The van der Waals surface area contributed by atoms with Gasteiger partial charge in [0.2, 0.25) is 11.8 Å². The van der Waals surface area contributed by atoms with E-state index in [0.29, 0.717) is 48.0 Å². The third-order valence-electron chi connectivity index (χ3n) is 6.08. The second-order valence-corrected chi connectivity index (χ2v) is 9.29. The molecule has 37 heavy (non-hydrogen) atoms. The van der Waals surface area contributed by atoms with Gasteiger partial charge in [0, 0.05) is 49.2 Å². The van der Waals surface area contributed by atoms with Crippen LogP contribution >= 0.6 is 0 Å². The summed E-state index contributed by atoms with van der Waals surface area (Å²) < 4.78 is 57.4. The number of unbranched alkanes of at least 4 members (excludes halogenated alkanes) is 2. The maximum Gasteiger partial charge on any atom is 0.408 e. The number of hydrogen-bond donors (Lipinski definition) is 0. The minimum absolute atomic E-state index is 0.0327. The summed E-state index contributed by atoms with van der Waals surface area (Å²) in [6, 6.07) is 6.95. The number of allylic oxidation sites excluding steroid dienone is 1. The molecule has 0 unspecified atom stereocenters. The number of nitrogens with zero attached hydrogens (tertiary/aromatic N) is 5. The van der Waals surface area contributed by atoms with Crippen molar-refractivity contribution in [2.45, 2.75) is 70.0 Å². The van der Waals surface area contributed by atoms with Gasteiger partial charge in [-0.3, -0.25) is 9.48 Å². The summed E-state index contributed by atoms with van der Waals surface area (Å²) >= 11 is 0. The Labute approximate surface area is 212 Å². The van der Waals surface area contributed by atoms with E-state index >= 15 is 0 Å². The molecule has 0 radical (unpaired) electrons. The Morgan fingerprint density at radius 2 is 1.97 bits per heavy atom. The summed E-state index contributed by atoms with van der Waals surface area (Å²) in [7, 11) is 0. The number of hydrogen-bond acceptors (Lipinski definition) is 5. The SMILES string of the molecule is C=C(F)CCC(=O)N(CCCCCc1nc(C2CC2)no1)c1cccc(-c2cnn(CC(F)(F)F)c2)c1. The Kier molecular flexibility index (Phi) is 8.40. The molecule has 0 atom stereocenters. The lowest BCUT2D eigenvalue weighted by Crippen LogP contribution is -2.31. The number of halogens is 4. The van der Waals surface area contributed by atoms with Gasteiger partial charge in [-0.2, -0.15) is 23.3 Å². The van der Waals surface area contributed by atoms with Crippen LogP contribution in [0.4, 0.5) is 23.2 Å². The molecule has 11 heteroatoms. The molecule has 0 spiro atoms. The summed E-state index contributed by atoms with van der Waals surface area (Å²) in [6.45, 7) is 2.45. The normalized spacial score (nSPS) is 13.6. The van der Waals surface area contributed by atoms with Crippen LogP contribution in [-0.4, -0.2) is 38.5 Å². The molecule has 1 aliphatic rings. The smallest absolute Gasteiger partial charge is 0.339 e. The van der Waals surface area contributed by atoms with E-state index in [1.54, 1.807) is 29.2 Å². The zero-order chi connectivity index (χ0) is 26.4. The van der Waals surface area contributed by atoms with E-state index < -0.39 is 18.5 Å². The summed E-state index contributed by atoms with van der Waals surface area (Å²) in [5, 5.41) is 7.81.